The maximum atomic E-state index is 8.92. The van der Waals surface area contributed by atoms with E-state index in [9.17, 15) is 0 Å². The number of aromatic amines is 1. The van der Waals surface area contributed by atoms with Gasteiger partial charge in [0.1, 0.15) is 12.0 Å². The molecule has 162 valence electrons. The van der Waals surface area contributed by atoms with Crippen LogP contribution in [0.5, 0.6) is 5.88 Å². The molecule has 1 saturated carbocycles. The van der Waals surface area contributed by atoms with Gasteiger partial charge in [0.2, 0.25) is 11.8 Å². The van der Waals surface area contributed by atoms with E-state index in [4.69, 9.17) is 14.6 Å². The normalized spacial score (nSPS) is 19.2. The van der Waals surface area contributed by atoms with Crippen molar-refractivity contribution in [2.75, 3.05) is 25.6 Å². The highest BCUT2D eigenvalue weighted by atomic mass is 16.5. The number of hydrogen-bond acceptors (Lipinski definition) is 8. The van der Waals surface area contributed by atoms with Crippen molar-refractivity contribution in [3.8, 4) is 17.0 Å². The number of H-pyrrole nitrogens is 1. The first-order valence-corrected chi connectivity index (χ1v) is 10.5. The zero-order valence-corrected chi connectivity index (χ0v) is 17.3. The summed E-state index contributed by atoms with van der Waals surface area (Å²) in [5.74, 6) is 1.06. The van der Waals surface area contributed by atoms with E-state index in [1.165, 1.54) is 6.33 Å². The summed E-state index contributed by atoms with van der Waals surface area (Å²) in [6.07, 6.45) is 9.42. The summed E-state index contributed by atoms with van der Waals surface area (Å²) >= 11 is 0. The van der Waals surface area contributed by atoms with Gasteiger partial charge in [0.25, 0.3) is 0 Å². The molecule has 0 bridgehead atoms. The number of aromatic nitrogens is 6. The number of nitrogens with zero attached hydrogens (tertiary/aromatic N) is 5. The smallest absolute Gasteiger partial charge is 0.228 e. The van der Waals surface area contributed by atoms with Crippen LogP contribution >= 0.6 is 0 Å². The highest BCUT2D eigenvalue weighted by Crippen LogP contribution is 2.34. The van der Waals surface area contributed by atoms with Gasteiger partial charge in [0.15, 0.2) is 5.65 Å². The van der Waals surface area contributed by atoms with E-state index in [2.05, 4.69) is 30.4 Å². The molecular formula is C21H25N7O3. The van der Waals surface area contributed by atoms with Crippen molar-refractivity contribution in [1.82, 2.24) is 29.5 Å². The first-order chi connectivity index (χ1) is 15.2. The number of anilines is 1. The molecule has 0 amide bonds. The van der Waals surface area contributed by atoms with Crippen LogP contribution in [0.2, 0.25) is 0 Å². The van der Waals surface area contributed by atoms with Gasteiger partial charge in [0, 0.05) is 29.6 Å². The minimum atomic E-state index is 0.0661. The standard InChI is InChI=1S/C21H25N7O3/c1-30-20-18-16(13-2-7-17-23-12-24-28(17)11-13)10-22-19(18)26-21(27-20)25-14-3-5-15(6-4-14)31-9-8-29/h2,7,10-12,14-15,29H,3-6,8-9H2,1H3,(H2,22,25,26,27)/t14-,15-. The Morgan fingerprint density at radius 1 is 1.23 bits per heavy atom. The Bertz CT molecular complexity index is 1180. The summed E-state index contributed by atoms with van der Waals surface area (Å²) < 4.78 is 13.0. The Morgan fingerprint density at radius 2 is 2.10 bits per heavy atom. The number of aliphatic hydroxyl groups is 1. The van der Waals surface area contributed by atoms with Gasteiger partial charge in [-0.05, 0) is 37.8 Å². The molecule has 1 fully saturated rings. The molecule has 0 atom stereocenters. The van der Waals surface area contributed by atoms with E-state index in [-0.39, 0.29) is 18.8 Å². The SMILES string of the molecule is COc1nc(N[C@H]2CC[C@H](OCCO)CC2)nc2[nH]cc(-c3ccc4ncnn4c3)c12. The van der Waals surface area contributed by atoms with Crippen LogP contribution < -0.4 is 10.1 Å². The number of pyridine rings is 1. The fourth-order valence-corrected chi connectivity index (χ4v) is 4.19. The minimum absolute atomic E-state index is 0.0661. The number of ether oxygens (including phenoxy) is 2. The second kappa shape index (κ2) is 8.48. The molecule has 0 unspecified atom stereocenters. The van der Waals surface area contributed by atoms with Crippen molar-refractivity contribution in [2.24, 2.45) is 0 Å². The predicted molar refractivity (Wildman–Crippen MR) is 115 cm³/mol. The quantitative estimate of drug-likeness (QED) is 0.414. The van der Waals surface area contributed by atoms with Gasteiger partial charge in [0.05, 0.1) is 31.8 Å². The molecule has 1 aliphatic carbocycles. The summed E-state index contributed by atoms with van der Waals surface area (Å²) in [5.41, 5.74) is 3.41. The summed E-state index contributed by atoms with van der Waals surface area (Å²) in [4.78, 5) is 16.8. The number of hydrogen-bond donors (Lipinski definition) is 3. The van der Waals surface area contributed by atoms with Crippen LogP contribution in [-0.2, 0) is 4.74 Å². The van der Waals surface area contributed by atoms with Crippen molar-refractivity contribution in [1.29, 1.82) is 0 Å². The maximum Gasteiger partial charge on any atom is 0.228 e. The topological polar surface area (TPSA) is 122 Å². The van der Waals surface area contributed by atoms with E-state index in [0.717, 1.165) is 47.8 Å². The lowest BCUT2D eigenvalue weighted by Gasteiger charge is -2.29. The molecule has 5 rings (SSSR count). The molecule has 0 saturated heterocycles. The molecule has 3 N–H and O–H groups in total. The Labute approximate surface area is 178 Å². The van der Waals surface area contributed by atoms with Gasteiger partial charge < -0.3 is 24.9 Å². The summed E-state index contributed by atoms with van der Waals surface area (Å²) in [6.45, 7) is 0.468. The highest BCUT2D eigenvalue weighted by molar-refractivity contribution is 5.97. The number of methoxy groups -OCH3 is 1. The zero-order valence-electron chi connectivity index (χ0n) is 17.3. The lowest BCUT2D eigenvalue weighted by molar-refractivity contribution is 0.00719. The van der Waals surface area contributed by atoms with Crippen LogP contribution in [0.1, 0.15) is 25.7 Å². The van der Waals surface area contributed by atoms with E-state index >= 15 is 0 Å². The molecule has 10 heteroatoms. The van der Waals surface area contributed by atoms with Crippen LogP contribution in [0, 0.1) is 0 Å². The van der Waals surface area contributed by atoms with Gasteiger partial charge in [-0.3, -0.25) is 0 Å². The van der Waals surface area contributed by atoms with Crippen LogP contribution in [0.4, 0.5) is 5.95 Å². The lowest BCUT2D eigenvalue weighted by atomic mass is 9.93. The van der Waals surface area contributed by atoms with Crippen molar-refractivity contribution in [3.63, 3.8) is 0 Å². The molecule has 4 aromatic rings. The van der Waals surface area contributed by atoms with Crippen LogP contribution in [-0.4, -0.2) is 67.1 Å². The number of aliphatic hydroxyl groups excluding tert-OH is 1. The second-order valence-corrected chi connectivity index (χ2v) is 7.68. The average Bonchev–Trinajstić information content (AvgIpc) is 3.44. The third-order valence-corrected chi connectivity index (χ3v) is 5.73. The summed E-state index contributed by atoms with van der Waals surface area (Å²) in [5, 5.41) is 17.4. The Balaban J connectivity index is 1.38. The largest absolute Gasteiger partial charge is 0.480 e. The van der Waals surface area contributed by atoms with Crippen LogP contribution in [0.3, 0.4) is 0 Å². The number of rotatable bonds is 7. The zero-order chi connectivity index (χ0) is 21.2. The van der Waals surface area contributed by atoms with Gasteiger partial charge >= 0.3 is 0 Å². The van der Waals surface area contributed by atoms with Gasteiger partial charge in [-0.1, -0.05) is 0 Å². The molecular weight excluding hydrogens is 398 g/mol. The van der Waals surface area contributed by atoms with Crippen LogP contribution in [0.25, 0.3) is 27.8 Å². The predicted octanol–water partition coefficient (Wildman–Crippen LogP) is 2.41. The Morgan fingerprint density at radius 3 is 2.90 bits per heavy atom. The van der Waals surface area contributed by atoms with Crippen molar-refractivity contribution in [3.05, 3.63) is 30.9 Å². The number of fused-ring (bicyclic) bond motifs is 2. The van der Waals surface area contributed by atoms with E-state index in [1.807, 2.05) is 24.5 Å². The van der Waals surface area contributed by atoms with E-state index in [1.54, 1.807) is 11.6 Å². The monoisotopic (exact) mass is 423 g/mol. The summed E-state index contributed by atoms with van der Waals surface area (Å²) in [6, 6.07) is 4.20. The van der Waals surface area contributed by atoms with Crippen LogP contribution in [0.15, 0.2) is 30.9 Å². The first kappa shape index (κ1) is 19.7. The van der Waals surface area contributed by atoms with Crippen molar-refractivity contribution < 1.29 is 14.6 Å². The van der Waals surface area contributed by atoms with Gasteiger partial charge in [-0.15, -0.1) is 0 Å². The fourth-order valence-electron chi connectivity index (χ4n) is 4.19. The van der Waals surface area contributed by atoms with E-state index in [0.29, 0.717) is 24.1 Å². The molecule has 4 aromatic heterocycles. The third kappa shape index (κ3) is 3.91. The fraction of sp³-hybridized carbons (Fsp3) is 0.429. The maximum absolute atomic E-state index is 8.92. The molecule has 10 nitrogen and oxygen atoms in total. The van der Waals surface area contributed by atoms with Crippen molar-refractivity contribution >= 4 is 22.6 Å². The third-order valence-electron chi connectivity index (χ3n) is 5.73. The molecule has 31 heavy (non-hydrogen) atoms. The first-order valence-electron chi connectivity index (χ1n) is 10.5. The molecule has 0 spiro atoms. The molecule has 0 radical (unpaired) electrons. The second-order valence-electron chi connectivity index (χ2n) is 7.68. The van der Waals surface area contributed by atoms with Crippen molar-refractivity contribution in [2.45, 2.75) is 37.8 Å². The molecule has 1 aliphatic rings. The number of nitrogens with one attached hydrogen (secondary N) is 2. The van der Waals surface area contributed by atoms with Gasteiger partial charge in [-0.25, -0.2) is 9.50 Å². The minimum Gasteiger partial charge on any atom is -0.480 e. The summed E-state index contributed by atoms with van der Waals surface area (Å²) in [7, 11) is 1.62. The lowest BCUT2D eigenvalue weighted by Crippen LogP contribution is -2.30. The molecule has 0 aromatic carbocycles. The molecule has 4 heterocycles. The van der Waals surface area contributed by atoms with E-state index < -0.39 is 0 Å². The molecule has 0 aliphatic heterocycles. The van der Waals surface area contributed by atoms with Gasteiger partial charge in [-0.2, -0.15) is 15.1 Å². The Kier molecular flexibility index (Phi) is 5.39. The average molecular weight is 423 g/mol. The Hall–Kier alpha value is -3.24. The highest BCUT2D eigenvalue weighted by Gasteiger charge is 2.23.